The second-order valence-electron chi connectivity index (χ2n) is 3.14. The summed E-state index contributed by atoms with van der Waals surface area (Å²) in [6.07, 6.45) is -1.47. The number of carboxylic acids is 1. The number of carbonyl (C=O) groups excluding carboxylic acids is 1. The van der Waals surface area contributed by atoms with Gasteiger partial charge in [-0.25, -0.2) is 4.79 Å². The van der Waals surface area contributed by atoms with E-state index in [0.717, 1.165) is 3.79 Å². The lowest BCUT2D eigenvalue weighted by atomic mass is 10.2. The molecule has 0 saturated carbocycles. The van der Waals surface area contributed by atoms with Crippen LogP contribution in [0, 0.1) is 0 Å². The SMILES string of the molecule is O=C(NCCC(O)C(=O)O)c1cc(Br)sc1Br. The predicted octanol–water partition coefficient (Wildman–Crippen LogP) is 1.84. The number of aliphatic hydroxyl groups is 1. The maximum atomic E-state index is 11.6. The van der Waals surface area contributed by atoms with Crippen LogP contribution in [-0.2, 0) is 4.79 Å². The van der Waals surface area contributed by atoms with Gasteiger partial charge in [-0.3, -0.25) is 4.79 Å². The van der Waals surface area contributed by atoms with Crippen molar-refractivity contribution in [3.63, 3.8) is 0 Å². The van der Waals surface area contributed by atoms with E-state index in [2.05, 4.69) is 37.2 Å². The van der Waals surface area contributed by atoms with Crippen LogP contribution in [0.4, 0.5) is 0 Å². The molecule has 1 heterocycles. The number of nitrogens with one attached hydrogen (secondary N) is 1. The molecule has 8 heteroatoms. The molecule has 3 N–H and O–H groups in total. The molecule has 1 rings (SSSR count). The second kappa shape index (κ2) is 6.48. The van der Waals surface area contributed by atoms with Crippen molar-refractivity contribution in [1.29, 1.82) is 0 Å². The lowest BCUT2D eigenvalue weighted by Gasteiger charge is -2.06. The number of hydrogen-bond acceptors (Lipinski definition) is 4. The monoisotopic (exact) mass is 385 g/mol. The molecule has 1 unspecified atom stereocenters. The van der Waals surface area contributed by atoms with Crippen LogP contribution < -0.4 is 5.32 Å². The zero-order chi connectivity index (χ0) is 13.0. The van der Waals surface area contributed by atoms with Gasteiger partial charge in [0.05, 0.1) is 13.1 Å². The first-order chi connectivity index (χ1) is 7.91. The first-order valence-electron chi connectivity index (χ1n) is 4.55. The van der Waals surface area contributed by atoms with E-state index in [0.29, 0.717) is 9.35 Å². The number of carbonyl (C=O) groups is 2. The molecule has 0 saturated heterocycles. The van der Waals surface area contributed by atoms with E-state index < -0.39 is 12.1 Å². The second-order valence-corrected chi connectivity index (χ2v) is 6.89. The highest BCUT2D eigenvalue weighted by molar-refractivity contribution is 9.12. The van der Waals surface area contributed by atoms with Gasteiger partial charge in [0.15, 0.2) is 6.10 Å². The Bertz CT molecular complexity index is 435. The Morgan fingerprint density at radius 3 is 2.59 bits per heavy atom. The fourth-order valence-electron chi connectivity index (χ4n) is 1.04. The highest BCUT2D eigenvalue weighted by Gasteiger charge is 2.16. The third-order valence-electron chi connectivity index (χ3n) is 1.89. The normalized spacial score (nSPS) is 12.2. The molecule has 0 radical (unpaired) electrons. The van der Waals surface area contributed by atoms with Gasteiger partial charge in [-0.1, -0.05) is 0 Å². The molecule has 94 valence electrons. The van der Waals surface area contributed by atoms with Crippen molar-refractivity contribution in [3.8, 4) is 0 Å². The van der Waals surface area contributed by atoms with Gasteiger partial charge in [0, 0.05) is 13.0 Å². The van der Waals surface area contributed by atoms with Crippen molar-refractivity contribution in [2.24, 2.45) is 0 Å². The third-order valence-corrected chi connectivity index (χ3v) is 4.23. The van der Waals surface area contributed by atoms with Crippen LogP contribution in [-0.4, -0.2) is 34.7 Å². The zero-order valence-corrected chi connectivity index (χ0v) is 12.4. The van der Waals surface area contributed by atoms with Gasteiger partial charge < -0.3 is 15.5 Å². The maximum absolute atomic E-state index is 11.6. The summed E-state index contributed by atoms with van der Waals surface area (Å²) in [7, 11) is 0. The number of carboxylic acid groups (broad SMARTS) is 1. The summed E-state index contributed by atoms with van der Waals surface area (Å²) in [5.74, 6) is -1.60. The van der Waals surface area contributed by atoms with Crippen molar-refractivity contribution in [2.75, 3.05) is 6.54 Å². The number of rotatable bonds is 5. The molecule has 0 aliphatic carbocycles. The molecule has 1 aromatic rings. The Balaban J connectivity index is 2.45. The average Bonchev–Trinajstić information content (AvgIpc) is 2.57. The van der Waals surface area contributed by atoms with E-state index in [4.69, 9.17) is 10.2 Å². The molecular formula is C9H9Br2NO4S. The summed E-state index contributed by atoms with van der Waals surface area (Å²) < 4.78 is 1.51. The average molecular weight is 387 g/mol. The minimum absolute atomic E-state index is 0.0238. The van der Waals surface area contributed by atoms with Gasteiger partial charge in [-0.15, -0.1) is 11.3 Å². The third kappa shape index (κ3) is 4.38. The summed E-state index contributed by atoms with van der Waals surface area (Å²) in [5.41, 5.74) is 0.478. The first-order valence-corrected chi connectivity index (χ1v) is 6.96. The maximum Gasteiger partial charge on any atom is 0.332 e. The quantitative estimate of drug-likeness (QED) is 0.720. The smallest absolute Gasteiger partial charge is 0.332 e. The molecule has 0 bridgehead atoms. The van der Waals surface area contributed by atoms with Gasteiger partial charge in [0.25, 0.3) is 5.91 Å². The van der Waals surface area contributed by atoms with Gasteiger partial charge in [-0.2, -0.15) is 0 Å². The molecule has 1 aromatic heterocycles. The number of thiophene rings is 1. The van der Waals surface area contributed by atoms with E-state index in [1.54, 1.807) is 6.07 Å². The zero-order valence-electron chi connectivity index (χ0n) is 8.44. The molecular weight excluding hydrogens is 378 g/mol. The standard InChI is InChI=1S/C9H9Br2NO4S/c10-6-3-4(7(11)17-6)8(14)12-2-1-5(13)9(15)16/h3,5,13H,1-2H2,(H,12,14)(H,15,16). The Morgan fingerprint density at radius 1 is 1.47 bits per heavy atom. The minimum Gasteiger partial charge on any atom is -0.479 e. The predicted molar refractivity (Wildman–Crippen MR) is 70.3 cm³/mol. The van der Waals surface area contributed by atoms with Crippen LogP contribution in [0.25, 0.3) is 0 Å². The molecule has 0 fully saturated rings. The fourth-order valence-corrected chi connectivity index (χ4v) is 3.83. The Labute approximate surface area is 118 Å². The minimum atomic E-state index is -1.45. The summed E-state index contributed by atoms with van der Waals surface area (Å²) in [5, 5.41) is 20.0. The lowest BCUT2D eigenvalue weighted by molar-refractivity contribution is -0.146. The first kappa shape index (κ1) is 14.6. The summed E-state index contributed by atoms with van der Waals surface area (Å²) in [4.78, 5) is 22.0. The van der Waals surface area contributed by atoms with Gasteiger partial charge in [0.1, 0.15) is 0 Å². The molecule has 5 nitrogen and oxygen atoms in total. The molecule has 0 spiro atoms. The van der Waals surface area contributed by atoms with E-state index in [1.807, 2.05) is 0 Å². The van der Waals surface area contributed by atoms with Crippen LogP contribution in [0.15, 0.2) is 13.6 Å². The largest absolute Gasteiger partial charge is 0.479 e. The van der Waals surface area contributed by atoms with Gasteiger partial charge >= 0.3 is 5.97 Å². The van der Waals surface area contributed by atoms with Gasteiger partial charge in [-0.05, 0) is 37.9 Å². The van der Waals surface area contributed by atoms with Crippen LogP contribution in [0.3, 0.4) is 0 Å². The number of amides is 1. The van der Waals surface area contributed by atoms with E-state index in [-0.39, 0.29) is 18.9 Å². The number of aliphatic hydroxyl groups excluding tert-OH is 1. The fraction of sp³-hybridized carbons (Fsp3) is 0.333. The van der Waals surface area contributed by atoms with E-state index in [9.17, 15) is 9.59 Å². The topological polar surface area (TPSA) is 86.6 Å². The highest BCUT2D eigenvalue weighted by Crippen LogP contribution is 2.31. The van der Waals surface area contributed by atoms with Crippen LogP contribution in [0.1, 0.15) is 16.8 Å². The van der Waals surface area contributed by atoms with E-state index >= 15 is 0 Å². The molecule has 1 amide bonds. The van der Waals surface area contributed by atoms with Gasteiger partial charge in [0.2, 0.25) is 0 Å². The lowest BCUT2D eigenvalue weighted by Crippen LogP contribution is -2.29. The molecule has 1 atom stereocenters. The Hall–Kier alpha value is -0.440. The molecule has 0 aromatic carbocycles. The van der Waals surface area contributed by atoms with Crippen LogP contribution in [0.5, 0.6) is 0 Å². The van der Waals surface area contributed by atoms with Crippen molar-refractivity contribution in [3.05, 3.63) is 19.2 Å². The molecule has 17 heavy (non-hydrogen) atoms. The molecule has 0 aliphatic rings. The summed E-state index contributed by atoms with van der Waals surface area (Å²) in [6, 6.07) is 1.66. The van der Waals surface area contributed by atoms with E-state index in [1.165, 1.54) is 11.3 Å². The molecule has 0 aliphatic heterocycles. The Morgan fingerprint density at radius 2 is 2.12 bits per heavy atom. The van der Waals surface area contributed by atoms with Crippen molar-refractivity contribution in [1.82, 2.24) is 5.32 Å². The highest BCUT2D eigenvalue weighted by atomic mass is 79.9. The summed E-state index contributed by atoms with van der Waals surface area (Å²) >= 11 is 7.87. The number of halogens is 2. The van der Waals surface area contributed by atoms with Crippen molar-refractivity contribution in [2.45, 2.75) is 12.5 Å². The number of aliphatic carboxylic acids is 1. The van der Waals surface area contributed by atoms with Crippen molar-refractivity contribution < 1.29 is 19.8 Å². The number of hydrogen-bond donors (Lipinski definition) is 3. The van der Waals surface area contributed by atoms with Crippen molar-refractivity contribution >= 4 is 55.1 Å². The van der Waals surface area contributed by atoms with Crippen LogP contribution >= 0.6 is 43.2 Å². The van der Waals surface area contributed by atoms with Crippen LogP contribution in [0.2, 0.25) is 0 Å². The summed E-state index contributed by atoms with van der Waals surface area (Å²) in [6.45, 7) is 0.103. The Kier molecular flexibility index (Phi) is 5.57.